The summed E-state index contributed by atoms with van der Waals surface area (Å²) in [6, 6.07) is 19.8. The Hall–Kier alpha value is -2.13. The van der Waals surface area contributed by atoms with Crippen LogP contribution in [-0.2, 0) is 17.9 Å². The van der Waals surface area contributed by atoms with Crippen LogP contribution in [0.4, 0.5) is 0 Å². The molecule has 0 aromatic heterocycles. The molecule has 0 aliphatic carbocycles. The summed E-state index contributed by atoms with van der Waals surface area (Å²) < 4.78 is 0. The number of benzene rings is 2. The zero-order valence-corrected chi connectivity index (χ0v) is 12.3. The van der Waals surface area contributed by atoms with E-state index >= 15 is 0 Å². The number of hydrogen-bond donors (Lipinski definition) is 1. The SMILES string of the molecule is CC(O)CC(=O)N(Cc1ccccc1)Cc1ccccc1. The monoisotopic (exact) mass is 283 g/mol. The van der Waals surface area contributed by atoms with Gasteiger partial charge in [-0.05, 0) is 18.1 Å². The van der Waals surface area contributed by atoms with Gasteiger partial charge in [-0.3, -0.25) is 4.79 Å². The Morgan fingerprint density at radius 1 is 0.952 bits per heavy atom. The van der Waals surface area contributed by atoms with Crippen LogP contribution >= 0.6 is 0 Å². The third kappa shape index (κ3) is 5.04. The van der Waals surface area contributed by atoms with Gasteiger partial charge in [-0.25, -0.2) is 0 Å². The first-order valence-electron chi connectivity index (χ1n) is 7.19. The predicted octanol–water partition coefficient (Wildman–Crippen LogP) is 2.99. The quantitative estimate of drug-likeness (QED) is 0.885. The first-order valence-corrected chi connectivity index (χ1v) is 7.19. The summed E-state index contributed by atoms with van der Waals surface area (Å²) in [4.78, 5) is 14.1. The molecule has 2 aromatic rings. The summed E-state index contributed by atoms with van der Waals surface area (Å²) in [7, 11) is 0. The van der Waals surface area contributed by atoms with Gasteiger partial charge < -0.3 is 10.0 Å². The minimum absolute atomic E-state index is 0.0299. The lowest BCUT2D eigenvalue weighted by Crippen LogP contribution is -2.32. The van der Waals surface area contributed by atoms with E-state index in [1.807, 2.05) is 60.7 Å². The van der Waals surface area contributed by atoms with Crippen LogP contribution in [0, 0.1) is 0 Å². The number of amides is 1. The second-order valence-corrected chi connectivity index (χ2v) is 5.27. The smallest absolute Gasteiger partial charge is 0.225 e. The third-order valence-electron chi connectivity index (χ3n) is 3.26. The Morgan fingerprint density at radius 2 is 1.38 bits per heavy atom. The molecule has 1 amide bonds. The van der Waals surface area contributed by atoms with Crippen molar-refractivity contribution in [2.24, 2.45) is 0 Å². The van der Waals surface area contributed by atoms with E-state index in [1.165, 1.54) is 0 Å². The van der Waals surface area contributed by atoms with Crippen LogP contribution in [0.1, 0.15) is 24.5 Å². The molecule has 3 heteroatoms. The molecule has 0 fully saturated rings. The molecule has 110 valence electrons. The number of nitrogens with zero attached hydrogens (tertiary/aromatic N) is 1. The largest absolute Gasteiger partial charge is 0.393 e. The lowest BCUT2D eigenvalue weighted by atomic mass is 10.1. The number of carbonyl (C=O) groups is 1. The summed E-state index contributed by atoms with van der Waals surface area (Å²) in [5.41, 5.74) is 2.18. The first-order chi connectivity index (χ1) is 10.1. The van der Waals surface area contributed by atoms with Gasteiger partial charge in [0, 0.05) is 13.1 Å². The predicted molar refractivity (Wildman–Crippen MR) is 83.4 cm³/mol. The van der Waals surface area contributed by atoms with Crippen LogP contribution in [-0.4, -0.2) is 22.0 Å². The normalized spacial score (nSPS) is 11.9. The summed E-state index contributed by atoms with van der Waals surface area (Å²) >= 11 is 0. The van der Waals surface area contributed by atoms with Crippen molar-refractivity contribution in [2.75, 3.05) is 0 Å². The van der Waals surface area contributed by atoms with E-state index in [2.05, 4.69) is 0 Å². The van der Waals surface area contributed by atoms with Crippen molar-refractivity contribution in [2.45, 2.75) is 32.5 Å². The van der Waals surface area contributed by atoms with Gasteiger partial charge in [0.25, 0.3) is 0 Å². The number of carbonyl (C=O) groups excluding carboxylic acids is 1. The van der Waals surface area contributed by atoms with E-state index in [9.17, 15) is 9.90 Å². The molecule has 21 heavy (non-hydrogen) atoms. The lowest BCUT2D eigenvalue weighted by molar-refractivity contribution is -0.134. The summed E-state index contributed by atoms with van der Waals surface area (Å²) in [6.45, 7) is 2.75. The second kappa shape index (κ2) is 7.60. The van der Waals surface area contributed by atoms with Gasteiger partial charge in [-0.15, -0.1) is 0 Å². The molecule has 0 radical (unpaired) electrons. The number of rotatable bonds is 6. The van der Waals surface area contributed by atoms with Gasteiger partial charge in [0.1, 0.15) is 0 Å². The Morgan fingerprint density at radius 3 is 1.76 bits per heavy atom. The summed E-state index contributed by atoms with van der Waals surface area (Å²) in [5.74, 6) is -0.0299. The molecule has 0 saturated heterocycles. The molecule has 0 bridgehead atoms. The minimum Gasteiger partial charge on any atom is -0.393 e. The van der Waals surface area contributed by atoms with E-state index in [4.69, 9.17) is 0 Å². The maximum atomic E-state index is 12.3. The first kappa shape index (κ1) is 15.3. The van der Waals surface area contributed by atoms with Crippen molar-refractivity contribution in [3.63, 3.8) is 0 Å². The molecule has 2 rings (SSSR count). The van der Waals surface area contributed by atoms with Crippen molar-refractivity contribution in [3.8, 4) is 0 Å². The van der Waals surface area contributed by atoms with Crippen molar-refractivity contribution in [3.05, 3.63) is 71.8 Å². The van der Waals surface area contributed by atoms with Gasteiger partial charge in [0.2, 0.25) is 5.91 Å². The van der Waals surface area contributed by atoms with Crippen LogP contribution in [0.25, 0.3) is 0 Å². The average molecular weight is 283 g/mol. The minimum atomic E-state index is -0.619. The third-order valence-corrected chi connectivity index (χ3v) is 3.26. The highest BCUT2D eigenvalue weighted by Gasteiger charge is 2.16. The Bertz CT molecular complexity index is 510. The highest BCUT2D eigenvalue weighted by molar-refractivity contribution is 5.76. The van der Waals surface area contributed by atoms with Gasteiger partial charge in [-0.1, -0.05) is 60.7 Å². The Labute approximate surface area is 125 Å². The molecule has 1 unspecified atom stereocenters. The van der Waals surface area contributed by atoms with E-state index in [0.29, 0.717) is 13.1 Å². The van der Waals surface area contributed by atoms with Crippen LogP contribution in [0.2, 0.25) is 0 Å². The van der Waals surface area contributed by atoms with Crippen molar-refractivity contribution in [1.29, 1.82) is 0 Å². The van der Waals surface area contributed by atoms with E-state index in [0.717, 1.165) is 11.1 Å². The van der Waals surface area contributed by atoms with E-state index < -0.39 is 6.10 Å². The molecule has 0 heterocycles. The summed E-state index contributed by atoms with van der Waals surface area (Å²) in [5, 5.41) is 9.46. The maximum Gasteiger partial charge on any atom is 0.225 e. The van der Waals surface area contributed by atoms with E-state index in [1.54, 1.807) is 11.8 Å². The topological polar surface area (TPSA) is 40.5 Å². The van der Waals surface area contributed by atoms with Crippen LogP contribution in [0.15, 0.2) is 60.7 Å². The van der Waals surface area contributed by atoms with Crippen LogP contribution in [0.3, 0.4) is 0 Å². The fraction of sp³-hybridized carbons (Fsp3) is 0.278. The van der Waals surface area contributed by atoms with Gasteiger partial charge in [0.05, 0.1) is 12.5 Å². The fourth-order valence-electron chi connectivity index (χ4n) is 2.22. The molecular weight excluding hydrogens is 262 g/mol. The number of aliphatic hydroxyl groups excluding tert-OH is 1. The molecule has 1 N–H and O–H groups in total. The molecular formula is C18H21NO2. The van der Waals surface area contributed by atoms with E-state index in [-0.39, 0.29) is 12.3 Å². The van der Waals surface area contributed by atoms with Crippen molar-refractivity contribution >= 4 is 5.91 Å². The lowest BCUT2D eigenvalue weighted by Gasteiger charge is -2.24. The molecule has 3 nitrogen and oxygen atoms in total. The fourth-order valence-corrected chi connectivity index (χ4v) is 2.22. The zero-order chi connectivity index (χ0) is 15.1. The van der Waals surface area contributed by atoms with Gasteiger partial charge in [-0.2, -0.15) is 0 Å². The molecule has 0 aliphatic rings. The molecule has 2 aromatic carbocycles. The summed E-state index contributed by atoms with van der Waals surface area (Å²) in [6.07, 6.45) is -0.466. The zero-order valence-electron chi connectivity index (χ0n) is 12.3. The highest BCUT2D eigenvalue weighted by Crippen LogP contribution is 2.12. The molecule has 0 aliphatic heterocycles. The average Bonchev–Trinajstić information content (AvgIpc) is 2.48. The Balaban J connectivity index is 2.12. The number of aliphatic hydroxyl groups is 1. The molecule has 0 saturated carbocycles. The molecule has 1 atom stereocenters. The van der Waals surface area contributed by atoms with Crippen LogP contribution < -0.4 is 0 Å². The van der Waals surface area contributed by atoms with Crippen molar-refractivity contribution in [1.82, 2.24) is 4.90 Å². The number of hydrogen-bond acceptors (Lipinski definition) is 2. The Kier molecular flexibility index (Phi) is 5.52. The standard InChI is InChI=1S/C18H21NO2/c1-15(20)12-18(21)19(13-16-8-4-2-5-9-16)14-17-10-6-3-7-11-17/h2-11,15,20H,12-14H2,1H3. The maximum absolute atomic E-state index is 12.3. The van der Waals surface area contributed by atoms with Gasteiger partial charge in [0.15, 0.2) is 0 Å². The van der Waals surface area contributed by atoms with Gasteiger partial charge >= 0.3 is 0 Å². The van der Waals surface area contributed by atoms with Crippen LogP contribution in [0.5, 0.6) is 0 Å². The molecule has 0 spiro atoms. The van der Waals surface area contributed by atoms with Crippen molar-refractivity contribution < 1.29 is 9.90 Å². The second-order valence-electron chi connectivity index (χ2n) is 5.27. The highest BCUT2D eigenvalue weighted by atomic mass is 16.3.